The Hall–Kier alpha value is -1.43. The Morgan fingerprint density at radius 1 is 1.53 bits per heavy atom. The second kappa shape index (κ2) is 4.39. The van der Waals surface area contributed by atoms with Crippen molar-refractivity contribution in [1.82, 2.24) is 4.98 Å². The molecule has 0 aliphatic rings. The largest absolute Gasteiger partial charge is 0.324 e. The van der Waals surface area contributed by atoms with Crippen LogP contribution in [0, 0.1) is 0 Å². The number of sulfone groups is 1. The number of hydrogen-bond donors (Lipinski definition) is 1. The Bertz CT molecular complexity index is 442. The van der Waals surface area contributed by atoms with Crippen LogP contribution in [0.15, 0.2) is 24.5 Å². The first-order chi connectivity index (χ1) is 6.91. The standard InChI is InChI=1S/C9H12N2O3S/c1-7(15(2,13)14)9(12)11-8-4-3-5-10-6-8/h3-7H,1-2H3,(H,11,12)/t7-/m1/s1. The van der Waals surface area contributed by atoms with Crippen molar-refractivity contribution in [3.05, 3.63) is 24.5 Å². The zero-order chi connectivity index (χ0) is 11.5. The minimum atomic E-state index is -3.35. The van der Waals surface area contributed by atoms with Gasteiger partial charge < -0.3 is 5.32 Å². The lowest BCUT2D eigenvalue weighted by Gasteiger charge is -2.09. The summed E-state index contributed by atoms with van der Waals surface area (Å²) in [5.74, 6) is -0.550. The van der Waals surface area contributed by atoms with Gasteiger partial charge in [-0.2, -0.15) is 0 Å². The van der Waals surface area contributed by atoms with Gasteiger partial charge in [0.2, 0.25) is 5.91 Å². The van der Waals surface area contributed by atoms with Crippen LogP contribution in [-0.4, -0.2) is 30.8 Å². The van der Waals surface area contributed by atoms with Crippen molar-refractivity contribution in [3.8, 4) is 0 Å². The molecule has 0 saturated heterocycles. The number of amides is 1. The molecule has 1 amide bonds. The molecule has 6 heteroatoms. The van der Waals surface area contributed by atoms with E-state index in [0.29, 0.717) is 5.69 Å². The molecule has 82 valence electrons. The summed E-state index contributed by atoms with van der Waals surface area (Å²) in [6.45, 7) is 1.35. The number of rotatable bonds is 3. The van der Waals surface area contributed by atoms with Gasteiger partial charge in [0.05, 0.1) is 11.9 Å². The fourth-order valence-electron chi connectivity index (χ4n) is 0.875. The average Bonchev–Trinajstić information content (AvgIpc) is 2.16. The van der Waals surface area contributed by atoms with Crippen molar-refractivity contribution in [2.45, 2.75) is 12.2 Å². The topological polar surface area (TPSA) is 76.1 Å². The van der Waals surface area contributed by atoms with Crippen molar-refractivity contribution < 1.29 is 13.2 Å². The molecule has 0 saturated carbocycles. The quantitative estimate of drug-likeness (QED) is 0.815. The summed E-state index contributed by atoms with van der Waals surface area (Å²) in [7, 11) is -3.35. The van der Waals surface area contributed by atoms with Gasteiger partial charge in [-0.1, -0.05) is 0 Å². The van der Waals surface area contributed by atoms with Gasteiger partial charge in [-0.25, -0.2) is 8.42 Å². The highest BCUT2D eigenvalue weighted by atomic mass is 32.2. The van der Waals surface area contributed by atoms with Crippen molar-refractivity contribution in [1.29, 1.82) is 0 Å². The molecule has 1 atom stereocenters. The van der Waals surface area contributed by atoms with E-state index in [1.807, 2.05) is 0 Å². The van der Waals surface area contributed by atoms with Crippen LogP contribution in [0.1, 0.15) is 6.92 Å². The van der Waals surface area contributed by atoms with Crippen LogP contribution in [0.4, 0.5) is 5.69 Å². The summed E-state index contributed by atoms with van der Waals surface area (Å²) < 4.78 is 22.2. The third kappa shape index (κ3) is 3.32. The van der Waals surface area contributed by atoms with Crippen LogP contribution in [0.25, 0.3) is 0 Å². The first kappa shape index (κ1) is 11.6. The lowest BCUT2D eigenvalue weighted by atomic mass is 10.4. The first-order valence-electron chi connectivity index (χ1n) is 4.31. The number of hydrogen-bond acceptors (Lipinski definition) is 4. The molecular formula is C9H12N2O3S. The molecule has 1 heterocycles. The minimum Gasteiger partial charge on any atom is -0.324 e. The summed E-state index contributed by atoms with van der Waals surface area (Å²) >= 11 is 0. The van der Waals surface area contributed by atoms with Gasteiger partial charge >= 0.3 is 0 Å². The SMILES string of the molecule is C[C@H](C(=O)Nc1cccnc1)S(C)(=O)=O. The lowest BCUT2D eigenvalue weighted by Crippen LogP contribution is -2.31. The summed E-state index contributed by atoms with van der Waals surface area (Å²) in [5.41, 5.74) is 0.484. The molecule has 0 aromatic carbocycles. The van der Waals surface area contributed by atoms with Crippen LogP contribution >= 0.6 is 0 Å². The summed E-state index contributed by atoms with van der Waals surface area (Å²) in [4.78, 5) is 15.2. The van der Waals surface area contributed by atoms with Crippen LogP contribution in [0.5, 0.6) is 0 Å². The molecule has 0 spiro atoms. The highest BCUT2D eigenvalue weighted by Gasteiger charge is 2.23. The van der Waals surface area contributed by atoms with Gasteiger partial charge in [0.25, 0.3) is 0 Å². The van der Waals surface area contributed by atoms with E-state index in [9.17, 15) is 13.2 Å². The smallest absolute Gasteiger partial charge is 0.242 e. The van der Waals surface area contributed by atoms with E-state index in [4.69, 9.17) is 0 Å². The highest BCUT2D eigenvalue weighted by molar-refractivity contribution is 7.92. The molecular weight excluding hydrogens is 216 g/mol. The molecule has 0 unspecified atom stereocenters. The zero-order valence-corrected chi connectivity index (χ0v) is 9.28. The Kier molecular flexibility index (Phi) is 3.41. The number of aromatic nitrogens is 1. The maximum atomic E-state index is 11.4. The number of nitrogens with one attached hydrogen (secondary N) is 1. The van der Waals surface area contributed by atoms with E-state index in [1.54, 1.807) is 18.3 Å². The number of nitrogens with zero attached hydrogens (tertiary/aromatic N) is 1. The Morgan fingerprint density at radius 3 is 2.67 bits per heavy atom. The second-order valence-electron chi connectivity index (χ2n) is 3.20. The van der Waals surface area contributed by atoms with Gasteiger partial charge in [0.1, 0.15) is 5.25 Å². The molecule has 0 fully saturated rings. The molecule has 15 heavy (non-hydrogen) atoms. The molecule has 1 aromatic rings. The summed E-state index contributed by atoms with van der Waals surface area (Å²) in [6, 6.07) is 3.29. The fourth-order valence-corrected chi connectivity index (χ4v) is 1.32. The Morgan fingerprint density at radius 2 is 2.20 bits per heavy atom. The molecule has 0 radical (unpaired) electrons. The number of carbonyl (C=O) groups excluding carboxylic acids is 1. The zero-order valence-electron chi connectivity index (χ0n) is 8.47. The predicted molar refractivity (Wildman–Crippen MR) is 57.2 cm³/mol. The predicted octanol–water partition coefficient (Wildman–Crippen LogP) is 0.453. The fraction of sp³-hybridized carbons (Fsp3) is 0.333. The third-order valence-electron chi connectivity index (χ3n) is 1.94. The van der Waals surface area contributed by atoms with Gasteiger partial charge in [0.15, 0.2) is 9.84 Å². The highest BCUT2D eigenvalue weighted by Crippen LogP contribution is 2.06. The molecule has 0 aliphatic heterocycles. The molecule has 5 nitrogen and oxygen atoms in total. The van der Waals surface area contributed by atoms with Crippen LogP contribution < -0.4 is 5.32 Å². The maximum Gasteiger partial charge on any atom is 0.242 e. The normalized spacial score (nSPS) is 13.2. The molecule has 1 N–H and O–H groups in total. The van der Waals surface area contributed by atoms with Crippen molar-refractivity contribution >= 4 is 21.4 Å². The molecule has 1 aromatic heterocycles. The van der Waals surface area contributed by atoms with Crippen molar-refractivity contribution in [2.75, 3.05) is 11.6 Å². The van der Waals surface area contributed by atoms with E-state index < -0.39 is 21.0 Å². The maximum absolute atomic E-state index is 11.4. The lowest BCUT2D eigenvalue weighted by molar-refractivity contribution is -0.115. The van der Waals surface area contributed by atoms with E-state index >= 15 is 0 Å². The molecule has 0 aliphatic carbocycles. The van der Waals surface area contributed by atoms with Crippen molar-refractivity contribution in [3.63, 3.8) is 0 Å². The number of carbonyl (C=O) groups is 1. The Balaban J connectivity index is 2.73. The average molecular weight is 228 g/mol. The van der Waals surface area contributed by atoms with Crippen molar-refractivity contribution in [2.24, 2.45) is 0 Å². The number of anilines is 1. The van der Waals surface area contributed by atoms with Gasteiger partial charge in [-0.05, 0) is 19.1 Å². The van der Waals surface area contributed by atoms with E-state index in [1.165, 1.54) is 13.1 Å². The minimum absolute atomic E-state index is 0.484. The van der Waals surface area contributed by atoms with Crippen LogP contribution in [0.3, 0.4) is 0 Å². The summed E-state index contributed by atoms with van der Waals surface area (Å²) in [6.07, 6.45) is 4.04. The Labute approximate surface area is 88.4 Å². The van der Waals surface area contributed by atoms with Gasteiger partial charge in [-0.15, -0.1) is 0 Å². The third-order valence-corrected chi connectivity index (χ3v) is 3.44. The second-order valence-corrected chi connectivity index (χ2v) is 5.57. The molecule has 1 rings (SSSR count). The summed E-state index contributed by atoms with van der Waals surface area (Å²) in [5, 5.41) is 1.41. The van der Waals surface area contributed by atoms with E-state index in [2.05, 4.69) is 10.3 Å². The molecule has 0 bridgehead atoms. The van der Waals surface area contributed by atoms with E-state index in [0.717, 1.165) is 6.26 Å². The monoisotopic (exact) mass is 228 g/mol. The van der Waals surface area contributed by atoms with Gasteiger partial charge in [0, 0.05) is 12.5 Å². The van der Waals surface area contributed by atoms with Crippen LogP contribution in [-0.2, 0) is 14.6 Å². The van der Waals surface area contributed by atoms with Crippen LogP contribution in [0.2, 0.25) is 0 Å². The first-order valence-corrected chi connectivity index (χ1v) is 6.26. The van der Waals surface area contributed by atoms with E-state index in [-0.39, 0.29) is 0 Å². The number of pyridine rings is 1. The van der Waals surface area contributed by atoms with Gasteiger partial charge in [-0.3, -0.25) is 9.78 Å².